The fraction of sp³-hybridized carbons (Fsp3) is 0.154. The van der Waals surface area contributed by atoms with E-state index in [0.717, 1.165) is 41.7 Å². The number of rotatable bonds is 3. The van der Waals surface area contributed by atoms with Gasteiger partial charge in [0.2, 0.25) is 0 Å². The first-order valence-electron chi connectivity index (χ1n) is 10.4. The van der Waals surface area contributed by atoms with Crippen LogP contribution in [0, 0.1) is 5.82 Å². The third-order valence-corrected chi connectivity index (χ3v) is 6.06. The van der Waals surface area contributed by atoms with Crippen LogP contribution in [0.1, 0.15) is 21.6 Å². The molecule has 1 N–H and O–H groups in total. The molecule has 32 heavy (non-hydrogen) atoms. The zero-order chi connectivity index (χ0) is 22.2. The Morgan fingerprint density at radius 2 is 1.81 bits per heavy atom. The van der Waals surface area contributed by atoms with Crippen LogP contribution in [0.3, 0.4) is 0 Å². The number of halogens is 2. The van der Waals surface area contributed by atoms with Gasteiger partial charge in [-0.15, -0.1) is 0 Å². The lowest BCUT2D eigenvalue weighted by atomic mass is 10.0. The summed E-state index contributed by atoms with van der Waals surface area (Å²) in [7, 11) is 2.10. The van der Waals surface area contributed by atoms with Crippen LogP contribution in [0.4, 0.5) is 10.1 Å². The normalized spacial score (nSPS) is 13.7. The monoisotopic (exact) mass is 445 g/mol. The Kier molecular flexibility index (Phi) is 5.37. The van der Waals surface area contributed by atoms with Gasteiger partial charge in [0.05, 0.1) is 11.1 Å². The van der Waals surface area contributed by atoms with Crippen LogP contribution in [0.15, 0.2) is 66.7 Å². The van der Waals surface area contributed by atoms with Crippen LogP contribution >= 0.6 is 11.6 Å². The van der Waals surface area contributed by atoms with E-state index in [1.165, 1.54) is 17.7 Å². The summed E-state index contributed by atoms with van der Waals surface area (Å²) in [4.78, 5) is 19.8. The van der Waals surface area contributed by atoms with Crippen LogP contribution in [0.25, 0.3) is 22.0 Å². The summed E-state index contributed by atoms with van der Waals surface area (Å²) in [5.74, 6) is -1.07. The van der Waals surface area contributed by atoms with Gasteiger partial charge in [-0.25, -0.2) is 4.39 Å². The number of carbonyl (C=O) groups is 1. The molecule has 2 heterocycles. The highest BCUT2D eigenvalue weighted by Gasteiger charge is 2.17. The lowest BCUT2D eigenvalue weighted by Crippen LogP contribution is -2.27. The second kappa shape index (κ2) is 8.34. The Morgan fingerprint density at radius 1 is 1.03 bits per heavy atom. The number of nitrogens with zero attached hydrogens (tertiary/aromatic N) is 2. The predicted octanol–water partition coefficient (Wildman–Crippen LogP) is 5.93. The molecule has 1 amide bonds. The molecule has 0 atom stereocenters. The smallest absolute Gasteiger partial charge is 0.258 e. The summed E-state index contributed by atoms with van der Waals surface area (Å²) in [5.41, 5.74) is 5.25. The standard InChI is InChI=1S/C26H21ClFN3O/c1-31-11-10-24-19(15-31)12-18-4-8-21(14-25(18)30-24)29-26(32)22-9-5-17(13-23(22)28)16-2-6-20(27)7-3-16/h2-9,12-14H,10-11,15H2,1H3,(H,29,32). The van der Waals surface area contributed by atoms with Gasteiger partial charge in [-0.2, -0.15) is 0 Å². The van der Waals surface area contributed by atoms with Crippen molar-refractivity contribution in [2.75, 3.05) is 18.9 Å². The first kappa shape index (κ1) is 20.6. The number of nitrogens with one attached hydrogen (secondary N) is 1. The molecule has 0 saturated heterocycles. The minimum Gasteiger partial charge on any atom is -0.322 e. The van der Waals surface area contributed by atoms with E-state index in [0.29, 0.717) is 16.3 Å². The second-order valence-corrected chi connectivity index (χ2v) is 8.58. The van der Waals surface area contributed by atoms with Crippen molar-refractivity contribution >= 4 is 34.1 Å². The highest BCUT2D eigenvalue weighted by molar-refractivity contribution is 6.30. The van der Waals surface area contributed by atoms with E-state index in [9.17, 15) is 9.18 Å². The van der Waals surface area contributed by atoms with Crippen LogP contribution in [-0.4, -0.2) is 29.4 Å². The van der Waals surface area contributed by atoms with Gasteiger partial charge in [0.25, 0.3) is 5.91 Å². The Morgan fingerprint density at radius 3 is 2.59 bits per heavy atom. The first-order valence-corrected chi connectivity index (χ1v) is 10.8. The van der Waals surface area contributed by atoms with Gasteiger partial charge in [0.15, 0.2) is 0 Å². The van der Waals surface area contributed by atoms with Crippen LogP contribution in [-0.2, 0) is 13.0 Å². The molecule has 0 unspecified atom stereocenters. The molecule has 0 aliphatic carbocycles. The number of hydrogen-bond acceptors (Lipinski definition) is 3. The Bertz CT molecular complexity index is 1340. The van der Waals surface area contributed by atoms with Gasteiger partial charge in [-0.05, 0) is 66.2 Å². The molecular formula is C26H21ClFN3O. The summed E-state index contributed by atoms with van der Waals surface area (Å²) < 4.78 is 14.7. The number of carbonyl (C=O) groups excluding carboxylic acids is 1. The number of fused-ring (bicyclic) bond motifs is 2. The third kappa shape index (κ3) is 4.09. The Labute approximate surface area is 190 Å². The molecule has 1 aromatic heterocycles. The van der Waals surface area contributed by atoms with Crippen molar-refractivity contribution in [1.29, 1.82) is 0 Å². The van der Waals surface area contributed by atoms with Gasteiger partial charge < -0.3 is 10.2 Å². The summed E-state index contributed by atoms with van der Waals surface area (Å²) >= 11 is 5.92. The maximum Gasteiger partial charge on any atom is 0.258 e. The maximum atomic E-state index is 14.7. The number of hydrogen-bond donors (Lipinski definition) is 1. The van der Waals surface area contributed by atoms with E-state index in [-0.39, 0.29) is 5.56 Å². The van der Waals surface area contributed by atoms with E-state index in [2.05, 4.69) is 23.3 Å². The lowest BCUT2D eigenvalue weighted by molar-refractivity contribution is 0.102. The number of aromatic nitrogens is 1. The van der Waals surface area contributed by atoms with Crippen molar-refractivity contribution in [3.63, 3.8) is 0 Å². The lowest BCUT2D eigenvalue weighted by Gasteiger charge is -2.24. The van der Waals surface area contributed by atoms with Gasteiger partial charge in [0.1, 0.15) is 5.82 Å². The Hall–Kier alpha value is -3.28. The fourth-order valence-corrected chi connectivity index (χ4v) is 4.19. The van der Waals surface area contributed by atoms with E-state index in [4.69, 9.17) is 16.6 Å². The average molecular weight is 446 g/mol. The maximum absolute atomic E-state index is 14.7. The van der Waals surface area contributed by atoms with E-state index >= 15 is 0 Å². The van der Waals surface area contributed by atoms with Crippen molar-refractivity contribution in [3.05, 3.63) is 94.4 Å². The van der Waals surface area contributed by atoms with Crippen LogP contribution in [0.2, 0.25) is 5.02 Å². The molecule has 3 aromatic carbocycles. The molecule has 0 radical (unpaired) electrons. The second-order valence-electron chi connectivity index (χ2n) is 8.15. The van der Waals surface area contributed by atoms with Crippen molar-refractivity contribution in [2.24, 2.45) is 0 Å². The van der Waals surface area contributed by atoms with E-state index in [1.54, 1.807) is 18.2 Å². The molecule has 1 aliphatic heterocycles. The van der Waals surface area contributed by atoms with Gasteiger partial charge >= 0.3 is 0 Å². The highest BCUT2D eigenvalue weighted by atomic mass is 35.5. The first-order chi connectivity index (χ1) is 15.5. The number of anilines is 1. The zero-order valence-electron chi connectivity index (χ0n) is 17.5. The van der Waals surface area contributed by atoms with Crippen molar-refractivity contribution in [1.82, 2.24) is 9.88 Å². The van der Waals surface area contributed by atoms with Crippen LogP contribution < -0.4 is 5.32 Å². The molecule has 0 fully saturated rings. The average Bonchev–Trinajstić information content (AvgIpc) is 2.78. The largest absolute Gasteiger partial charge is 0.322 e. The molecule has 0 bridgehead atoms. The number of amides is 1. The summed E-state index contributed by atoms with van der Waals surface area (Å²) in [6.07, 6.45) is 0.906. The van der Waals surface area contributed by atoms with Crippen molar-refractivity contribution < 1.29 is 9.18 Å². The molecule has 5 rings (SSSR count). The van der Waals surface area contributed by atoms with E-state index in [1.807, 2.05) is 30.3 Å². The molecule has 0 saturated carbocycles. The summed E-state index contributed by atoms with van der Waals surface area (Å²) in [6, 6.07) is 19.5. The quantitative estimate of drug-likeness (QED) is 0.424. The summed E-state index contributed by atoms with van der Waals surface area (Å²) in [5, 5.41) is 4.44. The number of benzene rings is 3. The van der Waals surface area contributed by atoms with Gasteiger partial charge in [-0.1, -0.05) is 35.9 Å². The molecule has 4 aromatic rings. The zero-order valence-corrected chi connectivity index (χ0v) is 18.3. The van der Waals surface area contributed by atoms with E-state index < -0.39 is 11.7 Å². The van der Waals surface area contributed by atoms with Crippen LogP contribution in [0.5, 0.6) is 0 Å². The molecule has 0 spiro atoms. The number of pyridine rings is 1. The predicted molar refractivity (Wildman–Crippen MR) is 127 cm³/mol. The number of likely N-dealkylation sites (N-methyl/N-ethyl adjacent to an activating group) is 1. The summed E-state index contributed by atoms with van der Waals surface area (Å²) in [6.45, 7) is 1.87. The fourth-order valence-electron chi connectivity index (χ4n) is 4.07. The topological polar surface area (TPSA) is 45.2 Å². The minimum atomic E-state index is -0.577. The third-order valence-electron chi connectivity index (χ3n) is 5.81. The molecule has 6 heteroatoms. The van der Waals surface area contributed by atoms with Crippen molar-refractivity contribution in [3.8, 4) is 11.1 Å². The minimum absolute atomic E-state index is 0.00996. The van der Waals surface area contributed by atoms with Gasteiger partial charge in [-0.3, -0.25) is 9.78 Å². The highest BCUT2D eigenvalue weighted by Crippen LogP contribution is 2.26. The van der Waals surface area contributed by atoms with Crippen molar-refractivity contribution in [2.45, 2.75) is 13.0 Å². The molecular weight excluding hydrogens is 425 g/mol. The van der Waals surface area contributed by atoms with Gasteiger partial charge in [0, 0.05) is 41.3 Å². The molecule has 160 valence electrons. The Balaban J connectivity index is 1.38. The SMILES string of the molecule is CN1CCc2nc3cc(NC(=O)c4ccc(-c5ccc(Cl)cc5)cc4F)ccc3cc2C1. The molecule has 4 nitrogen and oxygen atoms in total. The molecule has 1 aliphatic rings.